The molecule has 1 heterocycles. The summed E-state index contributed by atoms with van der Waals surface area (Å²) in [4.78, 5) is 4.46. The molecule has 60 valence electrons. The Morgan fingerprint density at radius 1 is 1.73 bits per heavy atom. The van der Waals surface area contributed by atoms with Crippen LogP contribution in [0.2, 0.25) is 0 Å². The summed E-state index contributed by atoms with van der Waals surface area (Å²) in [5.74, 6) is 0.768. The first-order valence-corrected chi connectivity index (χ1v) is 5.18. The van der Waals surface area contributed by atoms with Crippen LogP contribution in [-0.4, -0.2) is 4.98 Å². The lowest BCUT2D eigenvalue weighted by Crippen LogP contribution is -1.84. The van der Waals surface area contributed by atoms with Crippen molar-refractivity contribution in [2.24, 2.45) is 0 Å². The van der Waals surface area contributed by atoms with E-state index in [1.54, 1.807) is 11.3 Å². The van der Waals surface area contributed by atoms with Crippen molar-refractivity contribution in [1.82, 2.24) is 4.98 Å². The summed E-state index contributed by atoms with van der Waals surface area (Å²) < 4.78 is 0. The molecule has 3 heteroatoms. The fourth-order valence-corrected chi connectivity index (χ4v) is 2.27. The summed E-state index contributed by atoms with van der Waals surface area (Å²) in [6.45, 7) is 1.97. The predicted molar refractivity (Wildman–Crippen MR) is 48.4 cm³/mol. The molecule has 1 fully saturated rings. The number of thiazole rings is 1. The van der Waals surface area contributed by atoms with Crippen LogP contribution in [0.4, 0.5) is 0 Å². The van der Waals surface area contributed by atoms with Crippen LogP contribution >= 0.6 is 22.9 Å². The molecule has 1 aromatic rings. The van der Waals surface area contributed by atoms with Gasteiger partial charge in [0.2, 0.25) is 0 Å². The van der Waals surface area contributed by atoms with Crippen LogP contribution in [0, 0.1) is 0 Å². The van der Waals surface area contributed by atoms with E-state index in [0.717, 1.165) is 11.6 Å². The number of aromatic nitrogens is 1. The van der Waals surface area contributed by atoms with Crippen molar-refractivity contribution < 1.29 is 0 Å². The third-order valence-electron chi connectivity index (χ3n) is 1.87. The number of rotatable bonds is 2. The maximum absolute atomic E-state index is 5.89. The highest BCUT2D eigenvalue weighted by molar-refractivity contribution is 7.09. The minimum absolute atomic E-state index is 0.0683. The monoisotopic (exact) mass is 187 g/mol. The van der Waals surface area contributed by atoms with E-state index in [1.807, 2.05) is 6.92 Å². The van der Waals surface area contributed by atoms with Crippen LogP contribution in [0.25, 0.3) is 0 Å². The highest BCUT2D eigenvalue weighted by atomic mass is 35.5. The first-order chi connectivity index (χ1) is 5.27. The van der Waals surface area contributed by atoms with Crippen LogP contribution in [0.15, 0.2) is 5.38 Å². The Morgan fingerprint density at radius 2 is 2.45 bits per heavy atom. The van der Waals surface area contributed by atoms with Crippen molar-refractivity contribution in [2.45, 2.75) is 31.1 Å². The zero-order valence-electron chi connectivity index (χ0n) is 6.38. The minimum Gasteiger partial charge on any atom is -0.244 e. The SMILES string of the molecule is CC(Cl)c1csc(C2CC2)n1. The lowest BCUT2D eigenvalue weighted by molar-refractivity contribution is 0.971. The molecule has 1 aliphatic carbocycles. The van der Waals surface area contributed by atoms with E-state index in [4.69, 9.17) is 11.6 Å². The Bertz CT molecular complexity index is 236. The maximum atomic E-state index is 5.89. The van der Waals surface area contributed by atoms with Gasteiger partial charge in [-0.3, -0.25) is 0 Å². The summed E-state index contributed by atoms with van der Waals surface area (Å²) in [7, 11) is 0. The van der Waals surface area contributed by atoms with Crippen molar-refractivity contribution in [3.8, 4) is 0 Å². The molecule has 0 bridgehead atoms. The fourth-order valence-electron chi connectivity index (χ4n) is 1.00. The van der Waals surface area contributed by atoms with Crippen LogP contribution in [0.1, 0.15) is 41.8 Å². The Kier molecular flexibility index (Phi) is 1.90. The Hall–Kier alpha value is -0.0800. The van der Waals surface area contributed by atoms with Crippen LogP contribution in [0.5, 0.6) is 0 Å². The first-order valence-electron chi connectivity index (χ1n) is 3.87. The van der Waals surface area contributed by atoms with E-state index in [0.29, 0.717) is 0 Å². The van der Waals surface area contributed by atoms with E-state index in [9.17, 15) is 0 Å². The van der Waals surface area contributed by atoms with E-state index in [1.165, 1.54) is 17.8 Å². The van der Waals surface area contributed by atoms with E-state index >= 15 is 0 Å². The summed E-state index contributed by atoms with van der Waals surface area (Å²) in [6, 6.07) is 0. The third-order valence-corrected chi connectivity index (χ3v) is 3.12. The van der Waals surface area contributed by atoms with Crippen LogP contribution < -0.4 is 0 Å². The molecule has 0 saturated heterocycles. The molecule has 1 aromatic heterocycles. The van der Waals surface area contributed by atoms with Gasteiger partial charge in [-0.05, 0) is 19.8 Å². The average molecular weight is 188 g/mol. The van der Waals surface area contributed by atoms with Crippen LogP contribution in [-0.2, 0) is 0 Å². The second kappa shape index (κ2) is 2.76. The summed E-state index contributed by atoms with van der Waals surface area (Å²) >= 11 is 7.64. The third kappa shape index (κ3) is 1.57. The van der Waals surface area contributed by atoms with Crippen molar-refractivity contribution in [2.75, 3.05) is 0 Å². The number of alkyl halides is 1. The largest absolute Gasteiger partial charge is 0.244 e. The van der Waals surface area contributed by atoms with Gasteiger partial charge in [-0.25, -0.2) is 4.98 Å². The normalized spacial score (nSPS) is 20.2. The molecule has 11 heavy (non-hydrogen) atoms. The van der Waals surface area contributed by atoms with E-state index in [-0.39, 0.29) is 5.38 Å². The Labute approximate surface area is 75.4 Å². The molecule has 1 nitrogen and oxygen atoms in total. The van der Waals surface area contributed by atoms with Gasteiger partial charge >= 0.3 is 0 Å². The van der Waals surface area contributed by atoms with Gasteiger partial charge in [0.25, 0.3) is 0 Å². The van der Waals surface area contributed by atoms with Gasteiger partial charge in [0.15, 0.2) is 0 Å². The predicted octanol–water partition coefficient (Wildman–Crippen LogP) is 3.32. The highest BCUT2D eigenvalue weighted by Gasteiger charge is 2.26. The average Bonchev–Trinajstić information content (AvgIpc) is 2.68. The van der Waals surface area contributed by atoms with Gasteiger partial charge in [0, 0.05) is 11.3 Å². The maximum Gasteiger partial charge on any atom is 0.0959 e. The number of hydrogen-bond donors (Lipinski definition) is 0. The smallest absolute Gasteiger partial charge is 0.0959 e. The van der Waals surface area contributed by atoms with E-state index < -0.39 is 0 Å². The fraction of sp³-hybridized carbons (Fsp3) is 0.625. The minimum atomic E-state index is 0.0683. The number of nitrogens with zero attached hydrogens (tertiary/aromatic N) is 1. The van der Waals surface area contributed by atoms with Crippen LogP contribution in [0.3, 0.4) is 0 Å². The van der Waals surface area contributed by atoms with Crippen molar-refractivity contribution in [1.29, 1.82) is 0 Å². The molecule has 0 aliphatic heterocycles. The zero-order valence-corrected chi connectivity index (χ0v) is 7.95. The molecule has 1 saturated carbocycles. The second-order valence-electron chi connectivity index (χ2n) is 3.00. The number of hydrogen-bond acceptors (Lipinski definition) is 2. The van der Waals surface area contributed by atoms with Gasteiger partial charge in [0.1, 0.15) is 0 Å². The first kappa shape index (κ1) is 7.56. The van der Waals surface area contributed by atoms with Gasteiger partial charge in [-0.15, -0.1) is 22.9 Å². The molecular weight excluding hydrogens is 178 g/mol. The Balaban J connectivity index is 2.18. The molecule has 1 atom stereocenters. The summed E-state index contributed by atoms with van der Waals surface area (Å²) in [6.07, 6.45) is 2.65. The lowest BCUT2D eigenvalue weighted by atomic mass is 10.4. The molecule has 0 spiro atoms. The highest BCUT2D eigenvalue weighted by Crippen LogP contribution is 2.42. The molecule has 1 unspecified atom stereocenters. The molecular formula is C8H10ClNS. The topological polar surface area (TPSA) is 12.9 Å². The van der Waals surface area contributed by atoms with Gasteiger partial charge in [-0.2, -0.15) is 0 Å². The molecule has 0 N–H and O–H groups in total. The molecule has 2 rings (SSSR count). The van der Waals surface area contributed by atoms with Crippen molar-refractivity contribution >= 4 is 22.9 Å². The van der Waals surface area contributed by atoms with Gasteiger partial charge in [0.05, 0.1) is 16.1 Å². The molecule has 0 amide bonds. The van der Waals surface area contributed by atoms with E-state index in [2.05, 4.69) is 10.4 Å². The van der Waals surface area contributed by atoms with Crippen molar-refractivity contribution in [3.05, 3.63) is 16.1 Å². The zero-order chi connectivity index (χ0) is 7.84. The lowest BCUT2D eigenvalue weighted by Gasteiger charge is -1.93. The quantitative estimate of drug-likeness (QED) is 0.648. The Morgan fingerprint density at radius 3 is 2.91 bits per heavy atom. The summed E-state index contributed by atoms with van der Waals surface area (Å²) in [5.41, 5.74) is 1.04. The molecule has 1 aliphatic rings. The molecule has 0 radical (unpaired) electrons. The summed E-state index contributed by atoms with van der Waals surface area (Å²) in [5, 5.41) is 3.43. The van der Waals surface area contributed by atoms with Gasteiger partial charge < -0.3 is 0 Å². The molecule has 0 aromatic carbocycles. The standard InChI is InChI=1S/C8H10ClNS/c1-5(9)7-4-11-8(10-7)6-2-3-6/h4-6H,2-3H2,1H3. The van der Waals surface area contributed by atoms with Gasteiger partial charge in [-0.1, -0.05) is 0 Å². The second-order valence-corrected chi connectivity index (χ2v) is 4.55. The van der Waals surface area contributed by atoms with Crippen molar-refractivity contribution in [3.63, 3.8) is 0 Å². The number of halogens is 1.